The van der Waals surface area contributed by atoms with E-state index in [0.717, 1.165) is 11.1 Å². The first-order valence-electron chi connectivity index (χ1n) is 11.0. The van der Waals surface area contributed by atoms with Crippen LogP contribution in [-0.2, 0) is 4.74 Å². The summed E-state index contributed by atoms with van der Waals surface area (Å²) in [5, 5.41) is 34.6. The van der Waals surface area contributed by atoms with Gasteiger partial charge in [-0.3, -0.25) is 4.57 Å². The lowest BCUT2D eigenvalue weighted by molar-refractivity contribution is -0.0511. The minimum atomic E-state index is -1.24. The molecule has 0 spiro atoms. The van der Waals surface area contributed by atoms with E-state index in [1.165, 1.54) is 17.2 Å². The van der Waals surface area contributed by atoms with E-state index in [4.69, 9.17) is 27.9 Å². The molecule has 1 saturated heterocycles. The Morgan fingerprint density at radius 3 is 2.26 bits per heavy atom. The maximum atomic E-state index is 10.4. The number of imidazole rings is 1. The van der Waals surface area contributed by atoms with Crippen molar-refractivity contribution in [2.24, 2.45) is 0 Å². The summed E-state index contributed by atoms with van der Waals surface area (Å²) in [5.74, 6) is 0.412. The minimum Gasteiger partial charge on any atom is -0.394 e. The van der Waals surface area contributed by atoms with Crippen molar-refractivity contribution in [2.45, 2.75) is 30.5 Å². The van der Waals surface area contributed by atoms with Crippen LogP contribution >= 0.6 is 23.2 Å². The Morgan fingerprint density at radius 1 is 0.971 bits per heavy atom. The van der Waals surface area contributed by atoms with Crippen molar-refractivity contribution < 1.29 is 20.1 Å². The number of nitrogens with one attached hydrogen (secondary N) is 1. The third kappa shape index (κ3) is 4.71. The van der Waals surface area contributed by atoms with Crippen LogP contribution in [0.2, 0.25) is 10.0 Å². The van der Waals surface area contributed by atoms with Gasteiger partial charge in [0.05, 0.1) is 12.9 Å². The second kappa shape index (κ2) is 10.1. The van der Waals surface area contributed by atoms with Crippen LogP contribution in [0.25, 0.3) is 11.2 Å². The molecule has 1 aliphatic heterocycles. The van der Waals surface area contributed by atoms with Gasteiger partial charge in [0.2, 0.25) is 0 Å². The third-order valence-corrected chi connectivity index (χ3v) is 6.60. The van der Waals surface area contributed by atoms with Crippen molar-refractivity contribution in [2.75, 3.05) is 18.5 Å². The summed E-state index contributed by atoms with van der Waals surface area (Å²) in [6.45, 7) is 0.0467. The van der Waals surface area contributed by atoms with Crippen LogP contribution in [0.5, 0.6) is 0 Å². The summed E-state index contributed by atoms with van der Waals surface area (Å²) in [6, 6.07) is 15.3. The molecule has 4 atom stereocenters. The van der Waals surface area contributed by atoms with Gasteiger partial charge in [-0.2, -0.15) is 0 Å². The van der Waals surface area contributed by atoms with Gasteiger partial charge < -0.3 is 25.4 Å². The van der Waals surface area contributed by atoms with E-state index < -0.39 is 31.1 Å². The molecular weight excluding hydrogens is 493 g/mol. The zero-order valence-electron chi connectivity index (χ0n) is 18.4. The van der Waals surface area contributed by atoms with Crippen LogP contribution in [0.15, 0.2) is 61.2 Å². The molecule has 0 aliphatic carbocycles. The summed E-state index contributed by atoms with van der Waals surface area (Å²) in [4.78, 5) is 13.1. The van der Waals surface area contributed by atoms with Gasteiger partial charge in [0.15, 0.2) is 23.2 Å². The number of ether oxygens (including phenoxy) is 1. The molecule has 2 aromatic carbocycles. The van der Waals surface area contributed by atoms with E-state index in [1.54, 1.807) is 0 Å². The zero-order valence-corrected chi connectivity index (χ0v) is 19.9. The van der Waals surface area contributed by atoms with Crippen LogP contribution in [0.1, 0.15) is 23.3 Å². The smallest absolute Gasteiger partial charge is 0.167 e. The summed E-state index contributed by atoms with van der Waals surface area (Å²) in [6.07, 6.45) is -1.46. The maximum Gasteiger partial charge on any atom is 0.167 e. The van der Waals surface area contributed by atoms with Crippen LogP contribution in [0.3, 0.4) is 0 Å². The van der Waals surface area contributed by atoms with Crippen molar-refractivity contribution in [3.63, 3.8) is 0 Å². The Balaban J connectivity index is 1.45. The normalized spacial score (nSPS) is 22.2. The predicted octanol–water partition coefficient (Wildman–Crippen LogP) is 2.99. The molecule has 9 nitrogen and oxygen atoms in total. The van der Waals surface area contributed by atoms with Gasteiger partial charge in [-0.1, -0.05) is 47.5 Å². The van der Waals surface area contributed by atoms with E-state index in [2.05, 4.69) is 20.3 Å². The summed E-state index contributed by atoms with van der Waals surface area (Å²) >= 11 is 12.5. The van der Waals surface area contributed by atoms with E-state index in [-0.39, 0.29) is 5.92 Å². The molecule has 0 bridgehead atoms. The molecule has 5 rings (SSSR count). The largest absolute Gasteiger partial charge is 0.394 e. The number of aliphatic hydroxyl groups is 3. The lowest BCUT2D eigenvalue weighted by Gasteiger charge is -2.20. The fourth-order valence-corrected chi connectivity index (χ4v) is 4.75. The Kier molecular flexibility index (Phi) is 6.88. The SMILES string of the molecule is OC[C@H]1OC(n2cnc3c(NCC(c4cccc(Cl)c4)c4cccc(Cl)c4)ncnc32)[C@H](O)[C@@H]1O. The second-order valence-corrected chi connectivity index (χ2v) is 9.19. The highest BCUT2D eigenvalue weighted by Gasteiger charge is 2.44. The van der Waals surface area contributed by atoms with Crippen molar-refractivity contribution >= 4 is 40.2 Å². The number of aromatic nitrogens is 4. The fourth-order valence-electron chi connectivity index (χ4n) is 4.35. The van der Waals surface area contributed by atoms with Crippen LogP contribution in [-0.4, -0.2) is 66.3 Å². The average Bonchev–Trinajstić information content (AvgIpc) is 3.40. The number of fused-ring (bicyclic) bond motifs is 1. The first kappa shape index (κ1) is 23.9. The van der Waals surface area contributed by atoms with Gasteiger partial charge in [-0.15, -0.1) is 0 Å². The van der Waals surface area contributed by atoms with Crippen molar-refractivity contribution in [1.29, 1.82) is 0 Å². The lowest BCUT2D eigenvalue weighted by Crippen LogP contribution is -2.33. The van der Waals surface area contributed by atoms with Gasteiger partial charge >= 0.3 is 0 Å². The van der Waals surface area contributed by atoms with Crippen molar-refractivity contribution in [3.8, 4) is 0 Å². The Hall–Kier alpha value is -2.79. The van der Waals surface area contributed by atoms with E-state index in [9.17, 15) is 15.3 Å². The fraction of sp³-hybridized carbons (Fsp3) is 0.292. The number of nitrogens with zero attached hydrogens (tertiary/aromatic N) is 4. The van der Waals surface area contributed by atoms with Crippen molar-refractivity contribution in [1.82, 2.24) is 19.5 Å². The van der Waals surface area contributed by atoms with E-state index >= 15 is 0 Å². The Morgan fingerprint density at radius 2 is 1.66 bits per heavy atom. The van der Waals surface area contributed by atoms with E-state index in [1.807, 2.05) is 48.5 Å². The Labute approximate surface area is 211 Å². The lowest BCUT2D eigenvalue weighted by atomic mass is 9.91. The highest BCUT2D eigenvalue weighted by molar-refractivity contribution is 6.31. The van der Waals surface area contributed by atoms with Gasteiger partial charge in [0, 0.05) is 22.5 Å². The molecular formula is C24H23Cl2N5O4. The van der Waals surface area contributed by atoms with Crippen molar-refractivity contribution in [3.05, 3.63) is 82.4 Å². The van der Waals surface area contributed by atoms with Gasteiger partial charge in [0.25, 0.3) is 0 Å². The highest BCUT2D eigenvalue weighted by atomic mass is 35.5. The van der Waals surface area contributed by atoms with Gasteiger partial charge in [-0.05, 0) is 35.4 Å². The number of hydrogen-bond acceptors (Lipinski definition) is 8. The van der Waals surface area contributed by atoms with E-state index in [0.29, 0.717) is 33.6 Å². The number of halogens is 2. The first-order chi connectivity index (χ1) is 17.0. The van der Waals surface area contributed by atoms with Gasteiger partial charge in [0.1, 0.15) is 24.6 Å². The molecule has 0 radical (unpaired) electrons. The maximum absolute atomic E-state index is 10.4. The molecule has 3 heterocycles. The minimum absolute atomic E-state index is 0.0834. The van der Waals surface area contributed by atoms with Crippen LogP contribution in [0.4, 0.5) is 5.82 Å². The van der Waals surface area contributed by atoms with Crippen LogP contribution in [0, 0.1) is 0 Å². The predicted molar refractivity (Wildman–Crippen MR) is 132 cm³/mol. The molecule has 1 aliphatic rings. The molecule has 1 fully saturated rings. The highest BCUT2D eigenvalue weighted by Crippen LogP contribution is 2.33. The molecule has 2 aromatic heterocycles. The number of benzene rings is 2. The quantitative estimate of drug-likeness (QED) is 0.296. The molecule has 35 heavy (non-hydrogen) atoms. The average molecular weight is 516 g/mol. The molecule has 4 N–H and O–H groups in total. The summed E-state index contributed by atoms with van der Waals surface area (Å²) in [5.41, 5.74) is 2.91. The van der Waals surface area contributed by atoms with Gasteiger partial charge in [-0.25, -0.2) is 15.0 Å². The Bertz CT molecular complexity index is 1290. The number of anilines is 1. The molecule has 182 valence electrons. The van der Waals surface area contributed by atoms with Crippen LogP contribution < -0.4 is 5.32 Å². The summed E-state index contributed by atoms with van der Waals surface area (Å²) in [7, 11) is 0. The summed E-state index contributed by atoms with van der Waals surface area (Å²) < 4.78 is 7.16. The molecule has 0 amide bonds. The zero-order chi connectivity index (χ0) is 24.5. The standard InChI is InChI=1S/C24H23Cl2N5O4/c25-15-5-1-3-13(7-15)17(14-4-2-6-16(26)8-14)9-27-22-19-23(29-11-28-22)31(12-30-19)24-21(34)20(33)18(10-32)35-24/h1-8,11-12,17-18,20-21,24,32-34H,9-10H2,(H,27,28,29)/t18-,20-,21-,24?/m1/s1. The third-order valence-electron chi connectivity index (χ3n) is 6.13. The first-order valence-corrected chi connectivity index (χ1v) is 11.8. The topological polar surface area (TPSA) is 126 Å². The molecule has 4 aromatic rings. The number of rotatable bonds is 7. The number of aliphatic hydroxyl groups excluding tert-OH is 3. The number of hydrogen-bond donors (Lipinski definition) is 4. The monoisotopic (exact) mass is 515 g/mol. The molecule has 1 unspecified atom stereocenters. The second-order valence-electron chi connectivity index (χ2n) is 8.32. The molecule has 11 heteroatoms. The molecule has 0 saturated carbocycles.